The predicted molar refractivity (Wildman–Crippen MR) is 116 cm³/mol. The molecule has 0 spiro atoms. The van der Waals surface area contributed by atoms with Crippen molar-refractivity contribution in [3.05, 3.63) is 66.1 Å². The van der Waals surface area contributed by atoms with Gasteiger partial charge in [0.2, 0.25) is 21.8 Å². The van der Waals surface area contributed by atoms with Crippen LogP contribution in [0.2, 0.25) is 0 Å². The molecule has 1 aliphatic heterocycles. The quantitative estimate of drug-likeness (QED) is 0.509. The summed E-state index contributed by atoms with van der Waals surface area (Å²) in [4.78, 5) is 27.9. The molecule has 3 aromatic rings. The Bertz CT molecular complexity index is 1240. The molecule has 3 N–H and O–H groups in total. The fourth-order valence-corrected chi connectivity index (χ4v) is 5.38. The summed E-state index contributed by atoms with van der Waals surface area (Å²) in [5, 5.41) is 0.933. The van der Waals surface area contributed by atoms with E-state index in [1.807, 2.05) is 24.3 Å². The van der Waals surface area contributed by atoms with E-state index in [0.29, 0.717) is 12.8 Å². The zero-order valence-corrected chi connectivity index (χ0v) is 18.0. The minimum atomic E-state index is -3.84. The Morgan fingerprint density at radius 2 is 1.84 bits per heavy atom. The molecule has 1 aromatic heterocycles. The Labute approximate surface area is 184 Å². The normalized spacial score (nSPS) is 17.2. The maximum absolute atomic E-state index is 13.1. The largest absolute Gasteiger partial charge is 0.361 e. The van der Waals surface area contributed by atoms with Crippen LogP contribution in [0, 0.1) is 11.7 Å². The number of hydrogen-bond donors (Lipinski definition) is 3. The number of piperidine rings is 1. The van der Waals surface area contributed by atoms with Crippen molar-refractivity contribution < 1.29 is 22.4 Å². The summed E-state index contributed by atoms with van der Waals surface area (Å²) in [6, 6.07) is 12.2. The highest BCUT2D eigenvalue weighted by molar-refractivity contribution is 7.89. The van der Waals surface area contributed by atoms with Crippen molar-refractivity contribution in [2.45, 2.75) is 24.2 Å². The molecule has 2 heterocycles. The molecule has 2 aromatic carbocycles. The highest BCUT2D eigenvalue weighted by Crippen LogP contribution is 2.24. The number of benzene rings is 2. The average molecular weight is 459 g/mol. The molecule has 10 heteroatoms. The molecule has 168 valence electrons. The minimum absolute atomic E-state index is 0.0101. The predicted octanol–water partition coefficient (Wildman–Crippen LogP) is 2.10. The number of H-pyrrole nitrogens is 1. The molecule has 1 atom stereocenters. The summed E-state index contributed by atoms with van der Waals surface area (Å²) >= 11 is 0. The summed E-state index contributed by atoms with van der Waals surface area (Å²) in [5.74, 6) is -1.96. The lowest BCUT2D eigenvalue weighted by Crippen LogP contribution is -2.50. The molecule has 0 aliphatic carbocycles. The average Bonchev–Trinajstić information content (AvgIpc) is 3.20. The molecule has 1 fully saturated rings. The lowest BCUT2D eigenvalue weighted by Gasteiger charge is -2.31. The van der Waals surface area contributed by atoms with Crippen LogP contribution in [0.4, 0.5) is 4.39 Å². The van der Waals surface area contributed by atoms with Gasteiger partial charge in [0.05, 0.1) is 17.2 Å². The Balaban J connectivity index is 1.34. The van der Waals surface area contributed by atoms with Gasteiger partial charge in [-0.2, -0.15) is 4.31 Å². The molecule has 0 bridgehead atoms. The second-order valence-corrected chi connectivity index (χ2v) is 9.67. The van der Waals surface area contributed by atoms with Crippen LogP contribution < -0.4 is 10.9 Å². The second kappa shape index (κ2) is 9.09. The lowest BCUT2D eigenvalue weighted by atomic mass is 9.99. The zero-order valence-electron chi connectivity index (χ0n) is 17.2. The summed E-state index contributed by atoms with van der Waals surface area (Å²) in [5.41, 5.74) is 6.55. The topological polar surface area (TPSA) is 111 Å². The van der Waals surface area contributed by atoms with Gasteiger partial charge >= 0.3 is 0 Å². The Morgan fingerprint density at radius 1 is 1.09 bits per heavy atom. The third kappa shape index (κ3) is 4.66. The number of hydrogen-bond acceptors (Lipinski definition) is 4. The summed E-state index contributed by atoms with van der Waals surface area (Å²) < 4.78 is 40.0. The number of carbonyl (C=O) groups is 2. The van der Waals surface area contributed by atoms with E-state index >= 15 is 0 Å². The summed E-state index contributed by atoms with van der Waals surface area (Å²) in [6.07, 6.45) is 2.84. The number of hydrazine groups is 1. The maximum atomic E-state index is 13.1. The van der Waals surface area contributed by atoms with Crippen LogP contribution in [-0.2, 0) is 26.0 Å². The van der Waals surface area contributed by atoms with E-state index in [9.17, 15) is 22.4 Å². The first-order valence-corrected chi connectivity index (χ1v) is 11.7. The van der Waals surface area contributed by atoms with Crippen LogP contribution >= 0.6 is 0 Å². The number of carbonyl (C=O) groups excluding carboxylic acids is 2. The standard InChI is InChI=1S/C22H23FN4O4S/c23-17-7-9-18(10-8-17)32(30,31)27-11-3-4-15(14-27)22(29)26-25-21(28)12-16-13-24-20-6-2-1-5-19(16)20/h1-2,5-10,13,15,24H,3-4,11-12,14H2,(H,25,28)(H,26,29). The first-order valence-electron chi connectivity index (χ1n) is 10.2. The minimum Gasteiger partial charge on any atom is -0.361 e. The van der Waals surface area contributed by atoms with Gasteiger partial charge in [-0.3, -0.25) is 20.4 Å². The number of nitrogens with one attached hydrogen (secondary N) is 3. The van der Waals surface area contributed by atoms with Crippen LogP contribution in [0.5, 0.6) is 0 Å². The van der Waals surface area contributed by atoms with Crippen LogP contribution in [0.1, 0.15) is 18.4 Å². The van der Waals surface area contributed by atoms with E-state index in [-0.39, 0.29) is 30.3 Å². The second-order valence-electron chi connectivity index (χ2n) is 7.73. The van der Waals surface area contributed by atoms with Gasteiger partial charge in [0.25, 0.3) is 0 Å². The molecular formula is C22H23FN4O4S. The van der Waals surface area contributed by atoms with Crippen molar-refractivity contribution >= 4 is 32.7 Å². The van der Waals surface area contributed by atoms with Crippen molar-refractivity contribution in [1.82, 2.24) is 20.1 Å². The Hall–Kier alpha value is -3.24. The number of nitrogens with zero attached hydrogens (tertiary/aromatic N) is 1. The number of sulfonamides is 1. The third-order valence-corrected chi connectivity index (χ3v) is 7.44. The van der Waals surface area contributed by atoms with Crippen LogP contribution in [0.3, 0.4) is 0 Å². The molecular weight excluding hydrogens is 435 g/mol. The number of rotatable bonds is 5. The van der Waals surface area contributed by atoms with Crippen LogP contribution in [0.15, 0.2) is 59.6 Å². The Kier molecular flexibility index (Phi) is 6.24. The van der Waals surface area contributed by atoms with Crippen LogP contribution in [0.25, 0.3) is 10.9 Å². The molecule has 1 unspecified atom stereocenters. The SMILES string of the molecule is O=C(Cc1c[nH]c2ccccc12)NNC(=O)C1CCCN(S(=O)(=O)c2ccc(F)cc2)C1. The number of fused-ring (bicyclic) bond motifs is 1. The van der Waals surface area contributed by atoms with Gasteiger partial charge in [-0.05, 0) is 48.7 Å². The molecule has 4 rings (SSSR count). The Morgan fingerprint density at radius 3 is 2.62 bits per heavy atom. The highest BCUT2D eigenvalue weighted by atomic mass is 32.2. The van der Waals surface area contributed by atoms with Gasteiger partial charge in [0.15, 0.2) is 0 Å². The number of para-hydroxylation sites is 1. The summed E-state index contributed by atoms with van der Waals surface area (Å²) in [6.45, 7) is 0.264. The van der Waals surface area contributed by atoms with Crippen molar-refractivity contribution in [2.75, 3.05) is 13.1 Å². The van der Waals surface area contributed by atoms with Gasteiger partial charge in [-0.15, -0.1) is 0 Å². The van der Waals surface area contributed by atoms with E-state index < -0.39 is 27.7 Å². The van der Waals surface area contributed by atoms with Gasteiger partial charge in [0, 0.05) is 30.2 Å². The fraction of sp³-hybridized carbons (Fsp3) is 0.273. The fourth-order valence-electron chi connectivity index (χ4n) is 3.86. The van der Waals surface area contributed by atoms with Gasteiger partial charge in [-0.1, -0.05) is 18.2 Å². The molecule has 0 radical (unpaired) electrons. The van der Waals surface area contributed by atoms with Crippen molar-refractivity contribution in [3.8, 4) is 0 Å². The molecule has 1 aliphatic rings. The van der Waals surface area contributed by atoms with Crippen LogP contribution in [-0.4, -0.2) is 42.6 Å². The van der Waals surface area contributed by atoms with Crippen molar-refractivity contribution in [2.24, 2.45) is 5.92 Å². The van der Waals surface area contributed by atoms with E-state index in [2.05, 4.69) is 15.8 Å². The number of amides is 2. The third-order valence-electron chi connectivity index (χ3n) is 5.56. The molecule has 8 nitrogen and oxygen atoms in total. The lowest BCUT2D eigenvalue weighted by molar-refractivity contribution is -0.131. The zero-order chi connectivity index (χ0) is 22.7. The molecule has 32 heavy (non-hydrogen) atoms. The van der Waals surface area contributed by atoms with Gasteiger partial charge in [-0.25, -0.2) is 12.8 Å². The maximum Gasteiger partial charge on any atom is 0.243 e. The van der Waals surface area contributed by atoms with Crippen molar-refractivity contribution in [1.29, 1.82) is 0 Å². The first-order chi connectivity index (χ1) is 15.3. The molecule has 1 saturated heterocycles. The van der Waals surface area contributed by atoms with E-state index in [1.165, 1.54) is 16.4 Å². The number of aromatic nitrogens is 1. The number of halogens is 1. The number of aromatic amines is 1. The first kappa shape index (κ1) is 22.0. The van der Waals surface area contributed by atoms with Gasteiger partial charge < -0.3 is 4.98 Å². The highest BCUT2D eigenvalue weighted by Gasteiger charge is 2.33. The smallest absolute Gasteiger partial charge is 0.243 e. The molecule has 0 saturated carbocycles. The van der Waals surface area contributed by atoms with E-state index in [4.69, 9.17) is 0 Å². The monoisotopic (exact) mass is 458 g/mol. The van der Waals surface area contributed by atoms with Crippen molar-refractivity contribution in [3.63, 3.8) is 0 Å². The molecule has 2 amide bonds. The van der Waals surface area contributed by atoms with E-state index in [0.717, 1.165) is 28.6 Å². The summed E-state index contributed by atoms with van der Waals surface area (Å²) in [7, 11) is -3.84. The van der Waals surface area contributed by atoms with Gasteiger partial charge in [0.1, 0.15) is 5.82 Å². The van der Waals surface area contributed by atoms with E-state index in [1.54, 1.807) is 6.20 Å².